The van der Waals surface area contributed by atoms with Crippen LogP contribution in [-0.4, -0.2) is 32.2 Å². The predicted molar refractivity (Wildman–Crippen MR) is 99.6 cm³/mol. The Morgan fingerprint density at radius 1 is 1.35 bits per heavy atom. The second kappa shape index (κ2) is 7.42. The van der Waals surface area contributed by atoms with E-state index in [1.165, 1.54) is 11.5 Å². The van der Waals surface area contributed by atoms with E-state index in [2.05, 4.69) is 25.0 Å². The molecular formula is C15H18ClN7O2S. The highest BCUT2D eigenvalue weighted by molar-refractivity contribution is 7.10. The molecule has 11 heteroatoms. The Hall–Kier alpha value is -2.46. The Labute approximate surface area is 158 Å². The average molecular weight is 396 g/mol. The van der Waals surface area contributed by atoms with E-state index in [9.17, 15) is 9.59 Å². The Bertz CT molecular complexity index is 853. The van der Waals surface area contributed by atoms with Gasteiger partial charge < -0.3 is 22.1 Å². The number of nitrogens with zero attached hydrogens (tertiary/aromatic N) is 3. The molecule has 1 fully saturated rings. The molecule has 3 rings (SSSR count). The number of carbonyl (C=O) groups excluding carboxylic acids is 2. The molecule has 2 aromatic heterocycles. The molecule has 2 heterocycles. The van der Waals surface area contributed by atoms with Gasteiger partial charge in [0, 0.05) is 0 Å². The van der Waals surface area contributed by atoms with Gasteiger partial charge in [-0.15, -0.1) is 0 Å². The van der Waals surface area contributed by atoms with Crippen LogP contribution in [-0.2, 0) is 4.79 Å². The van der Waals surface area contributed by atoms with Gasteiger partial charge in [0.15, 0.2) is 22.5 Å². The van der Waals surface area contributed by atoms with E-state index in [1.807, 2.05) is 6.92 Å². The fraction of sp³-hybridized carbons (Fsp3) is 0.400. The maximum atomic E-state index is 11.7. The maximum Gasteiger partial charge on any atom is 0.271 e. The molecule has 0 bridgehead atoms. The van der Waals surface area contributed by atoms with Crippen molar-refractivity contribution in [1.29, 1.82) is 0 Å². The van der Waals surface area contributed by atoms with Crippen molar-refractivity contribution in [2.45, 2.75) is 32.2 Å². The Morgan fingerprint density at radius 2 is 2.08 bits per heavy atom. The smallest absolute Gasteiger partial charge is 0.271 e. The van der Waals surface area contributed by atoms with Gasteiger partial charge in [0.1, 0.15) is 11.0 Å². The summed E-state index contributed by atoms with van der Waals surface area (Å²) in [5, 5.41) is 6.50. The summed E-state index contributed by atoms with van der Waals surface area (Å²) in [4.78, 5) is 31.7. The van der Waals surface area contributed by atoms with E-state index in [1.54, 1.807) is 6.07 Å². The van der Waals surface area contributed by atoms with Crippen molar-refractivity contribution in [3.8, 4) is 0 Å². The van der Waals surface area contributed by atoms with Crippen molar-refractivity contribution in [3.05, 3.63) is 22.6 Å². The average Bonchev–Trinajstić information content (AvgIpc) is 3.29. The lowest BCUT2D eigenvalue weighted by Crippen LogP contribution is -2.36. The van der Waals surface area contributed by atoms with Gasteiger partial charge in [-0.1, -0.05) is 24.4 Å². The minimum atomic E-state index is -0.779. The predicted octanol–water partition coefficient (Wildman–Crippen LogP) is 1.80. The molecule has 138 valence electrons. The fourth-order valence-electron chi connectivity index (χ4n) is 2.40. The van der Waals surface area contributed by atoms with Gasteiger partial charge in [-0.3, -0.25) is 9.59 Å². The van der Waals surface area contributed by atoms with Gasteiger partial charge in [0.05, 0.1) is 5.69 Å². The van der Waals surface area contributed by atoms with Gasteiger partial charge in [0.25, 0.3) is 5.91 Å². The van der Waals surface area contributed by atoms with E-state index in [0.717, 1.165) is 18.5 Å². The van der Waals surface area contributed by atoms with E-state index in [0.29, 0.717) is 17.3 Å². The molecule has 1 aliphatic rings. The summed E-state index contributed by atoms with van der Waals surface area (Å²) in [6.45, 7) is 1.84. The minimum Gasteiger partial charge on any atom is -0.368 e. The molecule has 0 radical (unpaired) electrons. The molecule has 6 N–H and O–H groups in total. The molecule has 0 aromatic carbocycles. The normalized spacial score (nSPS) is 14.7. The second-order valence-corrected chi connectivity index (χ2v) is 7.32. The first kappa shape index (κ1) is 18.3. The van der Waals surface area contributed by atoms with Crippen molar-refractivity contribution >= 4 is 51.6 Å². The number of nitrogens with two attached hydrogens (primary N) is 2. The molecule has 1 atom stereocenters. The zero-order chi connectivity index (χ0) is 18.8. The van der Waals surface area contributed by atoms with Gasteiger partial charge in [0.2, 0.25) is 5.91 Å². The third kappa shape index (κ3) is 4.38. The van der Waals surface area contributed by atoms with Crippen LogP contribution in [0.4, 0.5) is 16.6 Å². The van der Waals surface area contributed by atoms with Gasteiger partial charge in [-0.25, -0.2) is 9.97 Å². The molecule has 0 saturated heterocycles. The summed E-state index contributed by atoms with van der Waals surface area (Å²) in [6.07, 6.45) is 2.74. The number of carbonyl (C=O) groups is 2. The summed E-state index contributed by atoms with van der Waals surface area (Å²) >= 11 is 7.32. The molecule has 2 aromatic rings. The van der Waals surface area contributed by atoms with E-state index in [-0.39, 0.29) is 22.5 Å². The van der Waals surface area contributed by atoms with E-state index >= 15 is 0 Å². The van der Waals surface area contributed by atoms with Gasteiger partial charge >= 0.3 is 0 Å². The van der Waals surface area contributed by atoms with Crippen LogP contribution in [0.3, 0.4) is 0 Å². The van der Waals surface area contributed by atoms with Crippen LogP contribution in [0.5, 0.6) is 0 Å². The largest absolute Gasteiger partial charge is 0.368 e. The lowest BCUT2D eigenvalue weighted by Gasteiger charge is -2.17. The van der Waals surface area contributed by atoms with Crippen LogP contribution < -0.4 is 22.1 Å². The molecular weight excluding hydrogens is 378 g/mol. The van der Waals surface area contributed by atoms with Crippen LogP contribution in [0.2, 0.25) is 5.15 Å². The van der Waals surface area contributed by atoms with Crippen LogP contribution in [0.15, 0.2) is 6.07 Å². The second-order valence-electron chi connectivity index (χ2n) is 6.16. The zero-order valence-electron chi connectivity index (χ0n) is 14.0. The number of hydrogen-bond acceptors (Lipinski definition) is 8. The molecule has 1 aliphatic carbocycles. The van der Waals surface area contributed by atoms with Crippen molar-refractivity contribution in [3.63, 3.8) is 0 Å². The monoisotopic (exact) mass is 395 g/mol. The number of primary amides is 2. The Morgan fingerprint density at radius 3 is 2.62 bits per heavy atom. The molecule has 0 unspecified atom stereocenters. The summed E-state index contributed by atoms with van der Waals surface area (Å²) in [6, 6.07) is 1.17. The van der Waals surface area contributed by atoms with Crippen LogP contribution in [0.25, 0.3) is 0 Å². The van der Waals surface area contributed by atoms with Crippen molar-refractivity contribution in [2.75, 3.05) is 10.6 Å². The maximum absolute atomic E-state index is 11.7. The standard InChI is InChI=1S/C15H18ClN7O2S/c1-6-4-9(26-23-6)20-14-10(13(18)25)21-11(16)15(22-14)19-8(12(17)24)5-7-2-3-7/h4,7-8H,2-3,5H2,1H3,(H2,17,24)(H2,18,25)(H2,19,20,22)/t8-/m1/s1. The number of nitrogens with one attached hydrogen (secondary N) is 2. The zero-order valence-corrected chi connectivity index (χ0v) is 15.5. The number of halogens is 1. The number of rotatable bonds is 8. The molecule has 0 aliphatic heterocycles. The van der Waals surface area contributed by atoms with E-state index in [4.69, 9.17) is 23.1 Å². The van der Waals surface area contributed by atoms with Crippen LogP contribution >= 0.6 is 23.1 Å². The van der Waals surface area contributed by atoms with Crippen LogP contribution in [0.1, 0.15) is 35.4 Å². The Kier molecular flexibility index (Phi) is 5.23. The Balaban J connectivity index is 1.90. The summed E-state index contributed by atoms with van der Waals surface area (Å²) < 4.78 is 4.15. The number of anilines is 3. The molecule has 1 saturated carbocycles. The third-order valence-electron chi connectivity index (χ3n) is 3.88. The summed E-state index contributed by atoms with van der Waals surface area (Å²) in [7, 11) is 0. The quantitative estimate of drug-likeness (QED) is 0.532. The third-order valence-corrected chi connectivity index (χ3v) is 4.94. The lowest BCUT2D eigenvalue weighted by atomic mass is 10.1. The topological polar surface area (TPSA) is 149 Å². The first-order chi connectivity index (χ1) is 12.3. The first-order valence-corrected chi connectivity index (χ1v) is 9.12. The van der Waals surface area contributed by atoms with Crippen LogP contribution in [0, 0.1) is 12.8 Å². The van der Waals surface area contributed by atoms with E-state index < -0.39 is 17.9 Å². The van der Waals surface area contributed by atoms with Crippen molar-refractivity contribution in [2.24, 2.45) is 17.4 Å². The number of hydrogen-bond donors (Lipinski definition) is 4. The highest BCUT2D eigenvalue weighted by Crippen LogP contribution is 2.35. The van der Waals surface area contributed by atoms with Crippen molar-refractivity contribution < 1.29 is 9.59 Å². The van der Waals surface area contributed by atoms with Gasteiger partial charge in [-0.2, -0.15) is 4.37 Å². The highest BCUT2D eigenvalue weighted by atomic mass is 35.5. The number of aryl methyl sites for hydroxylation is 1. The first-order valence-electron chi connectivity index (χ1n) is 7.97. The number of amides is 2. The summed E-state index contributed by atoms with van der Waals surface area (Å²) in [5.41, 5.74) is 11.5. The highest BCUT2D eigenvalue weighted by Gasteiger charge is 2.29. The minimum absolute atomic E-state index is 0.0631. The lowest BCUT2D eigenvalue weighted by molar-refractivity contribution is -0.118. The molecule has 0 spiro atoms. The summed E-state index contributed by atoms with van der Waals surface area (Å²) in [5.74, 6) is -0.526. The van der Waals surface area contributed by atoms with Gasteiger partial charge in [-0.05, 0) is 36.9 Å². The fourth-order valence-corrected chi connectivity index (χ4v) is 3.24. The van der Waals surface area contributed by atoms with Crippen molar-refractivity contribution in [1.82, 2.24) is 14.3 Å². The number of aromatic nitrogens is 3. The molecule has 2 amide bonds. The SMILES string of the molecule is Cc1cc(Nc2nc(N[C@H](CC3CC3)C(N)=O)c(Cl)nc2C(N)=O)sn1. The molecule has 9 nitrogen and oxygen atoms in total. The molecule has 26 heavy (non-hydrogen) atoms.